The number of ether oxygens (including phenoxy) is 1. The number of morpholine rings is 1. The third-order valence-electron chi connectivity index (χ3n) is 6.89. The second-order valence-corrected chi connectivity index (χ2v) is 11.8. The van der Waals surface area contributed by atoms with Gasteiger partial charge in [0.15, 0.2) is 0 Å². The molecule has 196 valence electrons. The number of nitrogen functional groups attached to an aromatic ring is 1. The zero-order valence-electron chi connectivity index (χ0n) is 21.8. The lowest BCUT2D eigenvalue weighted by molar-refractivity contribution is 0.123. The van der Waals surface area contributed by atoms with Crippen molar-refractivity contribution in [1.29, 1.82) is 0 Å². The van der Waals surface area contributed by atoms with Gasteiger partial charge in [-0.05, 0) is 24.6 Å². The van der Waals surface area contributed by atoms with Crippen LogP contribution in [-0.4, -0.2) is 52.6 Å². The van der Waals surface area contributed by atoms with Crippen molar-refractivity contribution in [2.75, 3.05) is 50.5 Å². The number of benzene rings is 1. The quantitative estimate of drug-likeness (QED) is 0.194. The summed E-state index contributed by atoms with van der Waals surface area (Å²) >= 11 is 0. The summed E-state index contributed by atoms with van der Waals surface area (Å²) in [7, 11) is -1.85. The normalized spacial score (nSPS) is 14.7. The Bertz CT molecular complexity index is 779. The average Bonchev–Trinajstić information content (AvgIpc) is 2.84. The highest BCUT2D eigenvalue weighted by Gasteiger charge is 2.22. The van der Waals surface area contributed by atoms with Crippen molar-refractivity contribution in [3.05, 3.63) is 18.2 Å². The maximum atomic E-state index is 13.0. The molecule has 1 aliphatic heterocycles. The smallest absolute Gasteiger partial charge is 0.242 e. The summed E-state index contributed by atoms with van der Waals surface area (Å²) in [6, 6.07) is 5.11. The highest BCUT2D eigenvalue weighted by Crippen LogP contribution is 2.28. The van der Waals surface area contributed by atoms with Gasteiger partial charge in [0.05, 0.1) is 29.5 Å². The van der Waals surface area contributed by atoms with E-state index in [4.69, 9.17) is 10.5 Å². The molecule has 7 heteroatoms. The fraction of sp³-hybridized carbons (Fsp3) is 0.778. The van der Waals surface area contributed by atoms with Crippen molar-refractivity contribution in [2.45, 2.75) is 102 Å². The molecular formula is C27H49N3O3S. The molecule has 0 radical (unpaired) electrons. The van der Waals surface area contributed by atoms with E-state index in [1.165, 1.54) is 81.4 Å². The Morgan fingerprint density at radius 2 is 1.35 bits per heavy atom. The van der Waals surface area contributed by atoms with Crippen LogP contribution in [-0.2, 0) is 14.8 Å². The molecule has 1 saturated heterocycles. The van der Waals surface area contributed by atoms with E-state index in [1.807, 2.05) is 6.07 Å². The van der Waals surface area contributed by atoms with Crippen LogP contribution in [0.3, 0.4) is 0 Å². The maximum absolute atomic E-state index is 13.0. The standard InChI is InChI=1S/C27H49N3O3S/c1-3-4-5-6-7-8-9-10-11-12-13-14-15-16-19-29(2)34(31,32)25-17-18-27(26(28)24-25)30-20-22-33-23-21-30/h17-18,24H,3-16,19-23,28H2,1-2H3. The molecule has 1 heterocycles. The van der Waals surface area contributed by atoms with E-state index in [9.17, 15) is 8.42 Å². The molecule has 0 amide bonds. The van der Waals surface area contributed by atoms with Gasteiger partial charge in [0.1, 0.15) is 0 Å². The Morgan fingerprint density at radius 1 is 0.853 bits per heavy atom. The number of rotatable bonds is 18. The van der Waals surface area contributed by atoms with Crippen molar-refractivity contribution in [2.24, 2.45) is 0 Å². The summed E-state index contributed by atoms with van der Waals surface area (Å²) in [5.74, 6) is 0. The molecule has 0 aromatic heterocycles. The molecular weight excluding hydrogens is 446 g/mol. The summed E-state index contributed by atoms with van der Waals surface area (Å²) in [6.07, 6.45) is 18.1. The Kier molecular flexibility index (Phi) is 13.9. The molecule has 1 aromatic rings. The molecule has 1 aliphatic rings. The van der Waals surface area contributed by atoms with Gasteiger partial charge >= 0.3 is 0 Å². The minimum Gasteiger partial charge on any atom is -0.397 e. The van der Waals surface area contributed by atoms with Gasteiger partial charge < -0.3 is 15.4 Å². The summed E-state index contributed by atoms with van der Waals surface area (Å²) in [5, 5.41) is 0. The molecule has 2 rings (SSSR count). The number of anilines is 2. The minimum atomic E-state index is -3.52. The number of hydrogen-bond donors (Lipinski definition) is 1. The predicted molar refractivity (Wildman–Crippen MR) is 144 cm³/mol. The number of nitrogens with zero attached hydrogens (tertiary/aromatic N) is 2. The molecule has 0 atom stereocenters. The van der Waals surface area contributed by atoms with Gasteiger partial charge in [-0.2, -0.15) is 0 Å². The third-order valence-corrected chi connectivity index (χ3v) is 8.74. The van der Waals surface area contributed by atoms with Crippen molar-refractivity contribution in [3.63, 3.8) is 0 Å². The van der Waals surface area contributed by atoms with Crippen LogP contribution in [0.25, 0.3) is 0 Å². The van der Waals surface area contributed by atoms with E-state index in [0.717, 1.165) is 31.6 Å². The second-order valence-electron chi connectivity index (χ2n) is 9.74. The van der Waals surface area contributed by atoms with Gasteiger partial charge in [-0.25, -0.2) is 12.7 Å². The van der Waals surface area contributed by atoms with Crippen LogP contribution in [0.15, 0.2) is 23.1 Å². The first kappa shape index (κ1) is 28.9. The van der Waals surface area contributed by atoms with E-state index in [2.05, 4.69) is 11.8 Å². The zero-order chi connectivity index (χ0) is 24.7. The summed E-state index contributed by atoms with van der Waals surface area (Å²) in [6.45, 7) is 5.70. The van der Waals surface area contributed by atoms with Crippen LogP contribution in [0.2, 0.25) is 0 Å². The van der Waals surface area contributed by atoms with Gasteiger partial charge in [-0.15, -0.1) is 0 Å². The fourth-order valence-corrected chi connectivity index (χ4v) is 5.86. The van der Waals surface area contributed by atoms with Crippen LogP contribution in [0.1, 0.15) is 96.8 Å². The first-order valence-corrected chi connectivity index (χ1v) is 15.1. The molecule has 0 unspecified atom stereocenters. The number of nitrogens with two attached hydrogens (primary N) is 1. The topological polar surface area (TPSA) is 75.9 Å². The van der Waals surface area contributed by atoms with E-state index in [-0.39, 0.29) is 4.90 Å². The van der Waals surface area contributed by atoms with Crippen LogP contribution in [0.5, 0.6) is 0 Å². The lowest BCUT2D eigenvalue weighted by Gasteiger charge is -2.30. The van der Waals surface area contributed by atoms with Crippen LogP contribution in [0, 0.1) is 0 Å². The summed E-state index contributed by atoms with van der Waals surface area (Å²) in [4.78, 5) is 2.42. The highest BCUT2D eigenvalue weighted by molar-refractivity contribution is 7.89. The summed E-state index contributed by atoms with van der Waals surface area (Å²) in [5.41, 5.74) is 7.61. The molecule has 34 heavy (non-hydrogen) atoms. The Hall–Kier alpha value is -1.31. The molecule has 1 fully saturated rings. The fourth-order valence-electron chi connectivity index (χ4n) is 4.61. The van der Waals surface area contributed by atoms with Gasteiger partial charge in [0, 0.05) is 26.7 Å². The lowest BCUT2D eigenvalue weighted by atomic mass is 10.0. The number of sulfonamides is 1. The first-order chi connectivity index (χ1) is 16.5. The van der Waals surface area contributed by atoms with Gasteiger partial charge in [-0.3, -0.25) is 0 Å². The van der Waals surface area contributed by atoms with Gasteiger partial charge in [0.25, 0.3) is 0 Å². The Balaban J connectivity index is 1.59. The number of hydrogen-bond acceptors (Lipinski definition) is 5. The molecule has 0 spiro atoms. The van der Waals surface area contributed by atoms with Gasteiger partial charge in [0.2, 0.25) is 10.0 Å². The summed E-state index contributed by atoms with van der Waals surface area (Å²) < 4.78 is 32.8. The zero-order valence-corrected chi connectivity index (χ0v) is 22.6. The second kappa shape index (κ2) is 16.4. The average molecular weight is 496 g/mol. The first-order valence-electron chi connectivity index (χ1n) is 13.7. The molecule has 0 bridgehead atoms. The van der Waals surface area contributed by atoms with Gasteiger partial charge in [-0.1, -0.05) is 90.4 Å². The Labute approximate surface area is 209 Å². The molecule has 0 aliphatic carbocycles. The monoisotopic (exact) mass is 495 g/mol. The van der Waals surface area contributed by atoms with Crippen molar-refractivity contribution < 1.29 is 13.2 Å². The molecule has 1 aromatic carbocycles. The van der Waals surface area contributed by atoms with Crippen molar-refractivity contribution >= 4 is 21.4 Å². The maximum Gasteiger partial charge on any atom is 0.242 e. The lowest BCUT2D eigenvalue weighted by Crippen LogP contribution is -2.36. The largest absolute Gasteiger partial charge is 0.397 e. The van der Waals surface area contributed by atoms with Crippen molar-refractivity contribution in [1.82, 2.24) is 4.31 Å². The SMILES string of the molecule is CCCCCCCCCCCCCCCCN(C)S(=O)(=O)c1ccc(N2CCOCC2)c(N)c1. The van der Waals surface area contributed by atoms with E-state index in [0.29, 0.717) is 25.4 Å². The molecule has 6 nitrogen and oxygen atoms in total. The van der Waals surface area contributed by atoms with Crippen LogP contribution >= 0.6 is 0 Å². The van der Waals surface area contributed by atoms with E-state index >= 15 is 0 Å². The number of unbranched alkanes of at least 4 members (excludes halogenated alkanes) is 13. The van der Waals surface area contributed by atoms with Crippen LogP contribution < -0.4 is 10.6 Å². The van der Waals surface area contributed by atoms with E-state index in [1.54, 1.807) is 19.2 Å². The Morgan fingerprint density at radius 3 is 1.85 bits per heavy atom. The molecule has 2 N–H and O–H groups in total. The van der Waals surface area contributed by atoms with Crippen molar-refractivity contribution in [3.8, 4) is 0 Å². The molecule has 0 saturated carbocycles. The van der Waals surface area contributed by atoms with E-state index < -0.39 is 10.0 Å². The predicted octanol–water partition coefficient (Wildman–Crippen LogP) is 6.21. The third kappa shape index (κ3) is 10.1. The minimum absolute atomic E-state index is 0.273. The van der Waals surface area contributed by atoms with Crippen LogP contribution in [0.4, 0.5) is 11.4 Å². The highest BCUT2D eigenvalue weighted by atomic mass is 32.2.